The van der Waals surface area contributed by atoms with Crippen molar-refractivity contribution >= 4 is 41.7 Å². The van der Waals surface area contributed by atoms with Crippen LogP contribution in [-0.2, 0) is 4.74 Å². The van der Waals surface area contributed by atoms with E-state index in [9.17, 15) is 0 Å². The molecule has 1 aliphatic rings. The molecule has 0 spiro atoms. The second-order valence-corrected chi connectivity index (χ2v) is 6.51. The van der Waals surface area contributed by atoms with E-state index < -0.39 is 0 Å². The van der Waals surface area contributed by atoms with E-state index in [0.717, 1.165) is 57.6 Å². The molecule has 7 heteroatoms. The van der Waals surface area contributed by atoms with Gasteiger partial charge in [-0.25, -0.2) is 0 Å². The number of thioether (sulfide) groups is 1. The lowest BCUT2D eigenvalue weighted by molar-refractivity contribution is -0.00683. The van der Waals surface area contributed by atoms with Crippen molar-refractivity contribution in [2.75, 3.05) is 57.9 Å². The second-order valence-electron chi connectivity index (χ2n) is 5.53. The van der Waals surface area contributed by atoms with Crippen molar-refractivity contribution in [3.63, 3.8) is 0 Å². The number of nitrogens with one attached hydrogen (secondary N) is 2. The molecule has 1 saturated heterocycles. The zero-order valence-corrected chi connectivity index (χ0v) is 16.9. The smallest absolute Gasteiger partial charge is 0.191 e. The van der Waals surface area contributed by atoms with E-state index in [1.807, 2.05) is 11.8 Å². The summed E-state index contributed by atoms with van der Waals surface area (Å²) >= 11 is 1.84. The summed E-state index contributed by atoms with van der Waals surface area (Å²) in [5, 5.41) is 6.68. The fourth-order valence-electron chi connectivity index (χ4n) is 2.15. The lowest BCUT2D eigenvalue weighted by atomic mass is 10.0. The van der Waals surface area contributed by atoms with Crippen molar-refractivity contribution in [1.82, 2.24) is 15.5 Å². The zero-order chi connectivity index (χ0) is 14.8. The van der Waals surface area contributed by atoms with E-state index in [0.29, 0.717) is 0 Å². The maximum Gasteiger partial charge on any atom is 0.191 e. The predicted octanol–water partition coefficient (Wildman–Crippen LogP) is 1.63. The summed E-state index contributed by atoms with van der Waals surface area (Å²) in [5.41, 5.74) is 0.0750. The van der Waals surface area contributed by atoms with Gasteiger partial charge in [0.15, 0.2) is 5.96 Å². The van der Waals surface area contributed by atoms with Crippen molar-refractivity contribution in [3.8, 4) is 0 Å². The highest BCUT2D eigenvalue weighted by atomic mass is 127. The van der Waals surface area contributed by atoms with E-state index in [-0.39, 0.29) is 29.5 Å². The molecule has 0 unspecified atom stereocenters. The Morgan fingerprint density at radius 2 is 1.95 bits per heavy atom. The number of hydrogen-bond donors (Lipinski definition) is 2. The van der Waals surface area contributed by atoms with Gasteiger partial charge in [-0.15, -0.1) is 24.0 Å². The van der Waals surface area contributed by atoms with Gasteiger partial charge in [0.2, 0.25) is 0 Å². The summed E-state index contributed by atoms with van der Waals surface area (Å²) in [5.74, 6) is 2.01. The number of aliphatic imine (C=N–C) groups is 1. The Hall–Kier alpha value is 0.270. The molecular weight excluding hydrogens is 399 g/mol. The van der Waals surface area contributed by atoms with Gasteiger partial charge in [0.25, 0.3) is 0 Å². The van der Waals surface area contributed by atoms with Gasteiger partial charge >= 0.3 is 0 Å². The Bertz CT molecular complexity index is 297. The average Bonchev–Trinajstić information content (AvgIpc) is 2.46. The first-order chi connectivity index (χ1) is 9.60. The monoisotopic (exact) mass is 430 g/mol. The number of nitrogens with zero attached hydrogens (tertiary/aromatic N) is 2. The van der Waals surface area contributed by atoms with Gasteiger partial charge in [0.1, 0.15) is 0 Å². The van der Waals surface area contributed by atoms with Gasteiger partial charge < -0.3 is 15.4 Å². The molecule has 0 aromatic heterocycles. The van der Waals surface area contributed by atoms with Crippen LogP contribution in [0, 0.1) is 0 Å². The van der Waals surface area contributed by atoms with Gasteiger partial charge in [0, 0.05) is 37.5 Å². The minimum absolute atomic E-state index is 0. The lowest BCUT2D eigenvalue weighted by Crippen LogP contribution is -2.52. The molecule has 0 radical (unpaired) electrons. The highest BCUT2D eigenvalue weighted by Crippen LogP contribution is 2.16. The van der Waals surface area contributed by atoms with E-state index in [1.54, 1.807) is 0 Å². The first-order valence-corrected chi connectivity index (χ1v) is 8.83. The summed E-state index contributed by atoms with van der Waals surface area (Å²) in [4.78, 5) is 7.20. The van der Waals surface area contributed by atoms with Crippen molar-refractivity contribution in [2.24, 2.45) is 4.99 Å². The van der Waals surface area contributed by atoms with Gasteiger partial charge in [-0.05, 0) is 27.0 Å². The molecule has 126 valence electrons. The summed E-state index contributed by atoms with van der Waals surface area (Å²) in [6.07, 6.45) is 2.12. The predicted molar refractivity (Wildman–Crippen MR) is 104 cm³/mol. The normalized spacial score (nSPS) is 17.2. The molecule has 1 aliphatic heterocycles. The van der Waals surface area contributed by atoms with Crippen molar-refractivity contribution in [1.29, 1.82) is 0 Å². The molecule has 0 saturated carbocycles. The summed E-state index contributed by atoms with van der Waals surface area (Å²) in [7, 11) is 0. The molecule has 0 aromatic rings. The third-order valence-corrected chi connectivity index (χ3v) is 4.05. The minimum atomic E-state index is 0. The summed E-state index contributed by atoms with van der Waals surface area (Å²) < 4.78 is 5.42. The first kappa shape index (κ1) is 21.3. The quantitative estimate of drug-likeness (QED) is 0.278. The highest BCUT2D eigenvalue weighted by Gasteiger charge is 2.27. The molecule has 0 aliphatic carbocycles. The minimum Gasteiger partial charge on any atom is -0.379 e. The van der Waals surface area contributed by atoms with E-state index in [4.69, 9.17) is 9.73 Å². The van der Waals surface area contributed by atoms with Gasteiger partial charge in [-0.1, -0.05) is 0 Å². The van der Waals surface area contributed by atoms with E-state index >= 15 is 0 Å². The number of halogens is 1. The van der Waals surface area contributed by atoms with Crippen LogP contribution in [0.5, 0.6) is 0 Å². The van der Waals surface area contributed by atoms with Crippen LogP contribution in [0.25, 0.3) is 0 Å². The van der Waals surface area contributed by atoms with Crippen LogP contribution in [0.1, 0.15) is 20.8 Å². The lowest BCUT2D eigenvalue weighted by Gasteiger charge is -2.39. The molecule has 0 bridgehead atoms. The van der Waals surface area contributed by atoms with E-state index in [2.05, 4.69) is 42.6 Å². The standard InChI is InChI=1S/C14H30N4OS.HI/c1-5-15-13(16-6-11-20-4)17-12-14(2,3)18-7-9-19-10-8-18;/h5-12H2,1-4H3,(H2,15,16,17);1H. The van der Waals surface area contributed by atoms with Crippen LogP contribution in [0.15, 0.2) is 4.99 Å². The number of rotatable bonds is 7. The van der Waals surface area contributed by atoms with Crippen molar-refractivity contribution in [2.45, 2.75) is 26.3 Å². The molecule has 1 rings (SSSR count). The Labute approximate surface area is 151 Å². The fraction of sp³-hybridized carbons (Fsp3) is 0.929. The Morgan fingerprint density at radius 3 is 2.52 bits per heavy atom. The highest BCUT2D eigenvalue weighted by molar-refractivity contribution is 14.0. The molecule has 21 heavy (non-hydrogen) atoms. The maximum atomic E-state index is 5.42. The van der Waals surface area contributed by atoms with Crippen molar-refractivity contribution < 1.29 is 4.74 Å². The number of hydrogen-bond acceptors (Lipinski definition) is 4. The summed E-state index contributed by atoms with van der Waals surface area (Å²) in [6.45, 7) is 12.9. The van der Waals surface area contributed by atoms with Gasteiger partial charge in [0.05, 0.1) is 19.8 Å². The van der Waals surface area contributed by atoms with Gasteiger partial charge in [-0.2, -0.15) is 11.8 Å². The topological polar surface area (TPSA) is 48.9 Å². The van der Waals surface area contributed by atoms with Crippen LogP contribution in [0.2, 0.25) is 0 Å². The molecule has 1 fully saturated rings. The zero-order valence-electron chi connectivity index (χ0n) is 13.8. The van der Waals surface area contributed by atoms with Crippen LogP contribution in [0.3, 0.4) is 0 Å². The molecule has 5 nitrogen and oxygen atoms in total. The first-order valence-electron chi connectivity index (χ1n) is 7.44. The van der Waals surface area contributed by atoms with Gasteiger partial charge in [-0.3, -0.25) is 9.89 Å². The third kappa shape index (κ3) is 8.47. The largest absolute Gasteiger partial charge is 0.379 e. The molecular formula is C14H31IN4OS. The Balaban J connectivity index is 0.00000400. The SMILES string of the molecule is CCNC(=NCC(C)(C)N1CCOCC1)NCCSC.I. The number of morpholine rings is 1. The van der Waals surface area contributed by atoms with Crippen LogP contribution < -0.4 is 10.6 Å². The molecule has 1 heterocycles. The van der Waals surface area contributed by atoms with Crippen LogP contribution >= 0.6 is 35.7 Å². The third-order valence-electron chi connectivity index (χ3n) is 3.43. The van der Waals surface area contributed by atoms with Crippen LogP contribution in [-0.4, -0.2) is 74.3 Å². The van der Waals surface area contributed by atoms with Crippen LogP contribution in [0.4, 0.5) is 0 Å². The summed E-state index contributed by atoms with van der Waals surface area (Å²) in [6, 6.07) is 0. The van der Waals surface area contributed by atoms with E-state index in [1.165, 1.54) is 0 Å². The maximum absolute atomic E-state index is 5.42. The molecule has 2 N–H and O–H groups in total. The average molecular weight is 430 g/mol. The second kappa shape index (κ2) is 11.8. The Kier molecular flexibility index (Phi) is 11.9. The number of ether oxygens (including phenoxy) is 1. The fourth-order valence-corrected chi connectivity index (χ4v) is 2.46. The molecule has 0 atom stereocenters. The Morgan fingerprint density at radius 1 is 1.29 bits per heavy atom. The number of guanidine groups is 1. The van der Waals surface area contributed by atoms with Crippen molar-refractivity contribution in [3.05, 3.63) is 0 Å². The molecule has 0 aromatic carbocycles. The molecule has 0 amide bonds.